The molecule has 1 aliphatic rings. The lowest BCUT2D eigenvalue weighted by molar-refractivity contribution is 0.0347. The van der Waals surface area contributed by atoms with Crippen LogP contribution in [0.2, 0.25) is 0 Å². The molecule has 1 aromatic heterocycles. The maximum Gasteiger partial charge on any atom is 0.191 e. The van der Waals surface area contributed by atoms with Gasteiger partial charge in [0, 0.05) is 24.1 Å². The van der Waals surface area contributed by atoms with Crippen molar-refractivity contribution >= 4 is 17.3 Å². The smallest absolute Gasteiger partial charge is 0.191 e. The van der Waals surface area contributed by atoms with Crippen LogP contribution in [0.1, 0.15) is 35.8 Å². The number of hydrogen-bond acceptors (Lipinski definition) is 5. The standard InChI is InChI=1S/C16H28N4O2S/c1-5-17-16(18-8-15-12(3)20-13(4)23-15)19-11(2)9-22-14-6-7-21-10-14/h11,14H,5-10H2,1-4H3,(H2,17,18,19). The number of nitrogens with one attached hydrogen (secondary N) is 2. The van der Waals surface area contributed by atoms with Crippen LogP contribution in [-0.2, 0) is 16.0 Å². The Morgan fingerprint density at radius 3 is 2.96 bits per heavy atom. The first-order valence-corrected chi connectivity index (χ1v) is 9.07. The Morgan fingerprint density at radius 2 is 2.35 bits per heavy atom. The molecule has 0 spiro atoms. The molecule has 2 heterocycles. The molecule has 0 bridgehead atoms. The van der Waals surface area contributed by atoms with E-state index in [2.05, 4.69) is 34.5 Å². The molecule has 0 radical (unpaired) electrons. The highest BCUT2D eigenvalue weighted by Gasteiger charge is 2.17. The van der Waals surface area contributed by atoms with Crippen LogP contribution in [-0.4, -0.2) is 49.5 Å². The van der Waals surface area contributed by atoms with E-state index in [-0.39, 0.29) is 12.1 Å². The van der Waals surface area contributed by atoms with Crippen molar-refractivity contribution in [2.24, 2.45) is 4.99 Å². The van der Waals surface area contributed by atoms with Crippen molar-refractivity contribution in [1.82, 2.24) is 15.6 Å². The van der Waals surface area contributed by atoms with E-state index in [4.69, 9.17) is 9.47 Å². The molecule has 6 nitrogen and oxygen atoms in total. The predicted molar refractivity (Wildman–Crippen MR) is 94.2 cm³/mol. The highest BCUT2D eigenvalue weighted by molar-refractivity contribution is 7.11. The number of nitrogens with zero attached hydrogens (tertiary/aromatic N) is 2. The summed E-state index contributed by atoms with van der Waals surface area (Å²) in [5.41, 5.74) is 1.07. The van der Waals surface area contributed by atoms with Crippen molar-refractivity contribution in [3.8, 4) is 0 Å². The van der Waals surface area contributed by atoms with Crippen LogP contribution < -0.4 is 10.6 Å². The van der Waals surface area contributed by atoms with E-state index in [1.54, 1.807) is 11.3 Å². The Balaban J connectivity index is 1.83. The Morgan fingerprint density at radius 1 is 1.52 bits per heavy atom. The SMILES string of the molecule is CCNC(=NCc1sc(C)nc1C)NC(C)COC1CCOC1. The summed E-state index contributed by atoms with van der Waals surface area (Å²) in [4.78, 5) is 10.3. The fraction of sp³-hybridized carbons (Fsp3) is 0.750. The summed E-state index contributed by atoms with van der Waals surface area (Å²) in [6.07, 6.45) is 1.23. The lowest BCUT2D eigenvalue weighted by atomic mass is 10.3. The van der Waals surface area contributed by atoms with Gasteiger partial charge in [0.15, 0.2) is 5.96 Å². The maximum absolute atomic E-state index is 5.85. The third-order valence-corrected chi connectivity index (χ3v) is 4.64. The van der Waals surface area contributed by atoms with Crippen molar-refractivity contribution in [2.45, 2.75) is 52.8 Å². The molecule has 2 unspecified atom stereocenters. The van der Waals surface area contributed by atoms with Crippen LogP contribution in [0.3, 0.4) is 0 Å². The van der Waals surface area contributed by atoms with E-state index in [9.17, 15) is 0 Å². The summed E-state index contributed by atoms with van der Waals surface area (Å²) in [5, 5.41) is 7.77. The fourth-order valence-electron chi connectivity index (χ4n) is 2.39. The Labute approximate surface area is 142 Å². The highest BCUT2D eigenvalue weighted by atomic mass is 32.1. The monoisotopic (exact) mass is 340 g/mol. The van der Waals surface area contributed by atoms with E-state index in [0.29, 0.717) is 19.8 Å². The zero-order valence-corrected chi connectivity index (χ0v) is 15.3. The summed E-state index contributed by atoms with van der Waals surface area (Å²) in [5.74, 6) is 0.816. The van der Waals surface area contributed by atoms with Crippen LogP contribution in [0.25, 0.3) is 0 Å². The summed E-state index contributed by atoms with van der Waals surface area (Å²) in [7, 11) is 0. The van der Waals surface area contributed by atoms with Gasteiger partial charge in [-0.2, -0.15) is 0 Å². The summed E-state index contributed by atoms with van der Waals surface area (Å²) < 4.78 is 11.2. The summed E-state index contributed by atoms with van der Waals surface area (Å²) >= 11 is 1.71. The number of guanidine groups is 1. The van der Waals surface area contributed by atoms with Gasteiger partial charge >= 0.3 is 0 Å². The Kier molecular flexibility index (Phi) is 7.26. The number of thiazole rings is 1. The zero-order chi connectivity index (χ0) is 16.7. The van der Waals surface area contributed by atoms with Crippen molar-refractivity contribution in [3.05, 3.63) is 15.6 Å². The quantitative estimate of drug-likeness (QED) is 0.587. The Hall–Kier alpha value is -1.18. The molecule has 0 amide bonds. The van der Waals surface area contributed by atoms with Crippen molar-refractivity contribution < 1.29 is 9.47 Å². The maximum atomic E-state index is 5.85. The number of aliphatic imine (C=N–C) groups is 1. The molecule has 1 aromatic rings. The van der Waals surface area contributed by atoms with Gasteiger partial charge in [0.05, 0.1) is 36.6 Å². The highest BCUT2D eigenvalue weighted by Crippen LogP contribution is 2.17. The lowest BCUT2D eigenvalue weighted by Crippen LogP contribution is -2.44. The topological polar surface area (TPSA) is 67.8 Å². The molecule has 0 aliphatic carbocycles. The van der Waals surface area contributed by atoms with E-state index in [0.717, 1.165) is 36.2 Å². The predicted octanol–water partition coefficient (Wildman–Crippen LogP) is 2.01. The van der Waals surface area contributed by atoms with E-state index in [1.807, 2.05) is 13.8 Å². The minimum Gasteiger partial charge on any atom is -0.379 e. The molecule has 1 aliphatic heterocycles. The van der Waals surface area contributed by atoms with Gasteiger partial charge in [-0.25, -0.2) is 9.98 Å². The number of aryl methyl sites for hydroxylation is 2. The molecule has 0 aromatic carbocycles. The lowest BCUT2D eigenvalue weighted by Gasteiger charge is -2.19. The second-order valence-corrected chi connectivity index (χ2v) is 7.09. The van der Waals surface area contributed by atoms with Crippen LogP contribution in [0.4, 0.5) is 0 Å². The van der Waals surface area contributed by atoms with Crippen LogP contribution in [0.15, 0.2) is 4.99 Å². The van der Waals surface area contributed by atoms with Crippen molar-refractivity contribution in [2.75, 3.05) is 26.4 Å². The molecule has 23 heavy (non-hydrogen) atoms. The molecular weight excluding hydrogens is 312 g/mol. The number of hydrogen-bond donors (Lipinski definition) is 2. The van der Waals surface area contributed by atoms with Gasteiger partial charge in [0.1, 0.15) is 0 Å². The molecular formula is C16H28N4O2S. The van der Waals surface area contributed by atoms with Gasteiger partial charge in [-0.05, 0) is 34.1 Å². The molecule has 2 atom stereocenters. The van der Waals surface area contributed by atoms with Gasteiger partial charge < -0.3 is 20.1 Å². The molecule has 2 N–H and O–H groups in total. The van der Waals surface area contributed by atoms with Gasteiger partial charge in [-0.3, -0.25) is 0 Å². The molecule has 1 fully saturated rings. The minimum absolute atomic E-state index is 0.192. The number of aromatic nitrogens is 1. The fourth-order valence-corrected chi connectivity index (χ4v) is 3.25. The zero-order valence-electron chi connectivity index (χ0n) is 14.5. The van der Waals surface area contributed by atoms with Crippen LogP contribution in [0.5, 0.6) is 0 Å². The summed E-state index contributed by atoms with van der Waals surface area (Å²) in [6, 6.07) is 0.192. The largest absolute Gasteiger partial charge is 0.379 e. The van der Waals surface area contributed by atoms with Crippen molar-refractivity contribution in [3.63, 3.8) is 0 Å². The molecule has 1 saturated heterocycles. The number of ether oxygens (including phenoxy) is 2. The van der Waals surface area contributed by atoms with Crippen LogP contribution >= 0.6 is 11.3 Å². The number of rotatable bonds is 7. The first-order chi connectivity index (χ1) is 11.1. The minimum atomic E-state index is 0.192. The van der Waals surface area contributed by atoms with E-state index < -0.39 is 0 Å². The molecule has 2 rings (SSSR count). The third-order valence-electron chi connectivity index (χ3n) is 3.58. The summed E-state index contributed by atoms with van der Waals surface area (Å²) in [6.45, 7) is 11.9. The molecule has 7 heteroatoms. The third kappa shape index (κ3) is 6.08. The normalized spacial score (nSPS) is 19.8. The second kappa shape index (κ2) is 9.20. The Bertz CT molecular complexity index is 512. The average Bonchev–Trinajstić information content (AvgIpc) is 3.12. The first kappa shape index (κ1) is 18.2. The van der Waals surface area contributed by atoms with Gasteiger partial charge in [0.2, 0.25) is 0 Å². The van der Waals surface area contributed by atoms with Crippen LogP contribution in [0, 0.1) is 13.8 Å². The first-order valence-electron chi connectivity index (χ1n) is 8.25. The second-order valence-electron chi connectivity index (χ2n) is 5.80. The molecule has 0 saturated carbocycles. The van der Waals surface area contributed by atoms with E-state index in [1.165, 1.54) is 4.88 Å². The van der Waals surface area contributed by atoms with Gasteiger partial charge in [-0.1, -0.05) is 0 Å². The average molecular weight is 340 g/mol. The van der Waals surface area contributed by atoms with Crippen molar-refractivity contribution in [1.29, 1.82) is 0 Å². The van der Waals surface area contributed by atoms with Gasteiger partial charge in [-0.15, -0.1) is 11.3 Å². The van der Waals surface area contributed by atoms with E-state index >= 15 is 0 Å². The van der Waals surface area contributed by atoms with Gasteiger partial charge in [0.25, 0.3) is 0 Å². The molecule has 130 valence electrons.